The third kappa shape index (κ3) is 2.27. The van der Waals surface area contributed by atoms with Crippen LogP contribution in [0, 0.1) is 13.8 Å². The summed E-state index contributed by atoms with van der Waals surface area (Å²) in [6.07, 6.45) is 1.85. The summed E-state index contributed by atoms with van der Waals surface area (Å²) >= 11 is 0. The number of nitrogens with one attached hydrogen (secondary N) is 1. The molecular weight excluding hydrogens is 214 g/mol. The van der Waals surface area contributed by atoms with E-state index in [4.69, 9.17) is 0 Å². The van der Waals surface area contributed by atoms with Crippen molar-refractivity contribution >= 4 is 5.95 Å². The van der Waals surface area contributed by atoms with Crippen LogP contribution < -0.4 is 5.32 Å². The first-order valence-electron chi connectivity index (χ1n) is 5.70. The molecule has 0 amide bonds. The molecule has 0 saturated heterocycles. The zero-order valence-electron chi connectivity index (χ0n) is 10.7. The van der Waals surface area contributed by atoms with Gasteiger partial charge >= 0.3 is 0 Å². The summed E-state index contributed by atoms with van der Waals surface area (Å²) in [6, 6.07) is 1.98. The highest BCUT2D eigenvalue weighted by molar-refractivity contribution is 5.60. The van der Waals surface area contributed by atoms with E-state index in [-0.39, 0.29) is 0 Å². The molecule has 0 aliphatic heterocycles. The third-order valence-electron chi connectivity index (χ3n) is 2.55. The van der Waals surface area contributed by atoms with Crippen LogP contribution in [0.25, 0.3) is 11.4 Å². The lowest BCUT2D eigenvalue weighted by molar-refractivity contribution is 0.772. The molecule has 0 unspecified atom stereocenters. The van der Waals surface area contributed by atoms with Gasteiger partial charge in [-0.05, 0) is 32.4 Å². The molecular formula is C12H17N5. The largest absolute Gasteiger partial charge is 0.354 e. The van der Waals surface area contributed by atoms with E-state index in [0.717, 1.165) is 29.2 Å². The van der Waals surface area contributed by atoms with E-state index in [1.165, 1.54) is 0 Å². The standard InChI is InChI=1S/C12H17N5/c1-5-13-12-15-9(3)6-10(16-12)11-8(2)7-14-17(11)4/h6-7H,5H2,1-4H3,(H,13,15,16). The van der Waals surface area contributed by atoms with Crippen molar-refractivity contribution in [1.82, 2.24) is 19.7 Å². The number of nitrogens with zero attached hydrogens (tertiary/aromatic N) is 4. The average molecular weight is 231 g/mol. The summed E-state index contributed by atoms with van der Waals surface area (Å²) in [5, 5.41) is 7.37. The summed E-state index contributed by atoms with van der Waals surface area (Å²) in [7, 11) is 1.92. The van der Waals surface area contributed by atoms with Crippen LogP contribution in [0.3, 0.4) is 0 Å². The third-order valence-corrected chi connectivity index (χ3v) is 2.55. The number of aryl methyl sites for hydroxylation is 3. The smallest absolute Gasteiger partial charge is 0.223 e. The first-order chi connectivity index (χ1) is 8.11. The van der Waals surface area contributed by atoms with E-state index >= 15 is 0 Å². The molecule has 0 aliphatic carbocycles. The lowest BCUT2D eigenvalue weighted by Crippen LogP contribution is -2.05. The Hall–Kier alpha value is -1.91. The normalized spacial score (nSPS) is 10.6. The van der Waals surface area contributed by atoms with Gasteiger partial charge in [-0.15, -0.1) is 0 Å². The molecule has 1 N–H and O–H groups in total. The predicted octanol–water partition coefficient (Wildman–Crippen LogP) is 1.93. The van der Waals surface area contributed by atoms with E-state index in [9.17, 15) is 0 Å². The van der Waals surface area contributed by atoms with Gasteiger partial charge in [-0.1, -0.05) is 0 Å². The number of hydrogen-bond donors (Lipinski definition) is 1. The Morgan fingerprint density at radius 2 is 2.06 bits per heavy atom. The minimum atomic E-state index is 0.670. The Balaban J connectivity index is 2.52. The Morgan fingerprint density at radius 3 is 2.65 bits per heavy atom. The fourth-order valence-corrected chi connectivity index (χ4v) is 1.84. The second-order valence-electron chi connectivity index (χ2n) is 4.05. The molecule has 0 aliphatic rings. The van der Waals surface area contributed by atoms with Gasteiger partial charge in [0.2, 0.25) is 5.95 Å². The Kier molecular flexibility index (Phi) is 3.08. The van der Waals surface area contributed by atoms with E-state index in [0.29, 0.717) is 5.95 Å². The maximum atomic E-state index is 4.50. The molecule has 0 spiro atoms. The first-order valence-corrected chi connectivity index (χ1v) is 5.70. The minimum Gasteiger partial charge on any atom is -0.354 e. The van der Waals surface area contributed by atoms with Gasteiger partial charge in [0.05, 0.1) is 17.6 Å². The molecule has 90 valence electrons. The number of hydrogen-bond acceptors (Lipinski definition) is 4. The molecule has 0 atom stereocenters. The highest BCUT2D eigenvalue weighted by Crippen LogP contribution is 2.21. The molecule has 2 rings (SSSR count). The second kappa shape index (κ2) is 4.53. The lowest BCUT2D eigenvalue weighted by Gasteiger charge is -2.07. The molecule has 0 radical (unpaired) electrons. The Morgan fingerprint density at radius 1 is 1.29 bits per heavy atom. The Labute approximate surface area is 101 Å². The molecule has 0 fully saturated rings. The highest BCUT2D eigenvalue weighted by Gasteiger charge is 2.11. The molecule has 0 aromatic carbocycles. The van der Waals surface area contributed by atoms with E-state index in [1.807, 2.05) is 44.8 Å². The molecule has 0 bridgehead atoms. The lowest BCUT2D eigenvalue weighted by atomic mass is 10.2. The van der Waals surface area contributed by atoms with Crippen molar-refractivity contribution in [3.63, 3.8) is 0 Å². The van der Waals surface area contributed by atoms with Crippen LogP contribution in [0.1, 0.15) is 18.2 Å². The molecule has 2 aromatic heterocycles. The quantitative estimate of drug-likeness (QED) is 0.877. The van der Waals surface area contributed by atoms with Gasteiger partial charge in [0, 0.05) is 19.3 Å². The van der Waals surface area contributed by atoms with Gasteiger partial charge in [0.25, 0.3) is 0 Å². The van der Waals surface area contributed by atoms with Crippen molar-refractivity contribution < 1.29 is 0 Å². The zero-order valence-corrected chi connectivity index (χ0v) is 10.7. The van der Waals surface area contributed by atoms with E-state index in [1.54, 1.807) is 0 Å². The topological polar surface area (TPSA) is 55.6 Å². The molecule has 2 heterocycles. The SMILES string of the molecule is CCNc1nc(C)cc(-c2c(C)cnn2C)n1. The monoisotopic (exact) mass is 231 g/mol. The van der Waals surface area contributed by atoms with Gasteiger partial charge in [-0.3, -0.25) is 4.68 Å². The molecule has 5 heteroatoms. The van der Waals surface area contributed by atoms with E-state index in [2.05, 4.69) is 20.4 Å². The van der Waals surface area contributed by atoms with Crippen molar-refractivity contribution in [3.05, 3.63) is 23.5 Å². The van der Waals surface area contributed by atoms with Crippen molar-refractivity contribution in [3.8, 4) is 11.4 Å². The summed E-state index contributed by atoms with van der Waals surface area (Å²) in [6.45, 7) is 6.85. The number of rotatable bonds is 3. The average Bonchev–Trinajstić information content (AvgIpc) is 2.58. The van der Waals surface area contributed by atoms with E-state index < -0.39 is 0 Å². The highest BCUT2D eigenvalue weighted by atomic mass is 15.3. The zero-order chi connectivity index (χ0) is 12.4. The summed E-state index contributed by atoms with van der Waals surface area (Å²) in [5.41, 5.74) is 4.01. The molecule has 2 aromatic rings. The van der Waals surface area contributed by atoms with Crippen molar-refractivity contribution in [1.29, 1.82) is 0 Å². The van der Waals surface area contributed by atoms with Crippen LogP contribution in [0.15, 0.2) is 12.3 Å². The van der Waals surface area contributed by atoms with Gasteiger partial charge in [-0.2, -0.15) is 5.10 Å². The molecule has 17 heavy (non-hydrogen) atoms. The summed E-state index contributed by atoms with van der Waals surface area (Å²) < 4.78 is 1.84. The van der Waals surface area contributed by atoms with Crippen molar-refractivity contribution in [2.24, 2.45) is 7.05 Å². The maximum absolute atomic E-state index is 4.50. The fourth-order valence-electron chi connectivity index (χ4n) is 1.84. The van der Waals surface area contributed by atoms with Crippen LogP contribution in [-0.2, 0) is 7.05 Å². The van der Waals surface area contributed by atoms with Crippen LogP contribution in [0.5, 0.6) is 0 Å². The number of aromatic nitrogens is 4. The predicted molar refractivity (Wildman–Crippen MR) is 67.9 cm³/mol. The number of anilines is 1. The Bertz CT molecular complexity index is 510. The first kappa shape index (κ1) is 11.6. The molecule has 0 saturated carbocycles. The van der Waals surface area contributed by atoms with Crippen LogP contribution in [0.2, 0.25) is 0 Å². The fraction of sp³-hybridized carbons (Fsp3) is 0.417. The van der Waals surface area contributed by atoms with Crippen LogP contribution in [0.4, 0.5) is 5.95 Å². The maximum Gasteiger partial charge on any atom is 0.223 e. The van der Waals surface area contributed by atoms with Crippen molar-refractivity contribution in [2.45, 2.75) is 20.8 Å². The van der Waals surface area contributed by atoms with Crippen LogP contribution >= 0.6 is 0 Å². The van der Waals surface area contributed by atoms with Crippen molar-refractivity contribution in [2.75, 3.05) is 11.9 Å². The van der Waals surface area contributed by atoms with Gasteiger partial charge < -0.3 is 5.32 Å². The minimum absolute atomic E-state index is 0.670. The molecule has 5 nitrogen and oxygen atoms in total. The summed E-state index contributed by atoms with van der Waals surface area (Å²) in [5.74, 6) is 0.670. The van der Waals surface area contributed by atoms with Gasteiger partial charge in [-0.25, -0.2) is 9.97 Å². The second-order valence-corrected chi connectivity index (χ2v) is 4.05. The van der Waals surface area contributed by atoms with Gasteiger partial charge in [0.1, 0.15) is 0 Å². The van der Waals surface area contributed by atoms with Crippen LogP contribution in [-0.4, -0.2) is 26.3 Å². The summed E-state index contributed by atoms with van der Waals surface area (Å²) in [4.78, 5) is 8.85. The van der Waals surface area contributed by atoms with Gasteiger partial charge in [0.15, 0.2) is 0 Å².